The molecule has 1 unspecified atom stereocenters. The van der Waals surface area contributed by atoms with Crippen LogP contribution in [-0.4, -0.2) is 42.1 Å². The van der Waals surface area contributed by atoms with Crippen molar-refractivity contribution in [2.45, 2.75) is 25.8 Å². The van der Waals surface area contributed by atoms with Crippen molar-refractivity contribution in [2.24, 2.45) is 5.73 Å². The lowest BCUT2D eigenvalue weighted by molar-refractivity contribution is 0.216. The highest BCUT2D eigenvalue weighted by atomic mass is 32.2. The van der Waals surface area contributed by atoms with Gasteiger partial charge in [-0.05, 0) is 25.1 Å². The summed E-state index contributed by atoms with van der Waals surface area (Å²) in [5.41, 5.74) is 5.56. The van der Waals surface area contributed by atoms with Crippen LogP contribution in [0.25, 0.3) is 0 Å². The van der Waals surface area contributed by atoms with Gasteiger partial charge >= 0.3 is 0 Å². The summed E-state index contributed by atoms with van der Waals surface area (Å²) in [7, 11) is 0. The zero-order valence-electron chi connectivity index (χ0n) is 7.96. The van der Waals surface area contributed by atoms with E-state index < -0.39 is 0 Å². The van der Waals surface area contributed by atoms with E-state index in [1.165, 1.54) is 24.3 Å². The molecule has 0 bridgehead atoms. The average molecular weight is 188 g/mol. The highest BCUT2D eigenvalue weighted by Crippen LogP contribution is 2.20. The van der Waals surface area contributed by atoms with E-state index in [0.717, 1.165) is 25.7 Å². The standard InChI is InChI=1S/C9H20N2S/c1-2-11(6-5-10)9-4-3-7-12-8-9/h9H,2-8,10H2,1H3. The minimum atomic E-state index is 0.801. The van der Waals surface area contributed by atoms with Crippen LogP contribution in [0, 0.1) is 0 Å². The molecule has 0 aromatic carbocycles. The molecule has 2 nitrogen and oxygen atoms in total. The van der Waals surface area contributed by atoms with Gasteiger partial charge in [0.25, 0.3) is 0 Å². The Morgan fingerprint density at radius 3 is 2.92 bits per heavy atom. The van der Waals surface area contributed by atoms with Crippen molar-refractivity contribution >= 4 is 11.8 Å². The van der Waals surface area contributed by atoms with Crippen LogP contribution >= 0.6 is 11.8 Å². The van der Waals surface area contributed by atoms with E-state index in [2.05, 4.69) is 23.6 Å². The second-order valence-electron chi connectivity index (χ2n) is 3.29. The van der Waals surface area contributed by atoms with Gasteiger partial charge in [0.15, 0.2) is 0 Å². The van der Waals surface area contributed by atoms with Crippen molar-refractivity contribution in [1.82, 2.24) is 4.90 Å². The zero-order chi connectivity index (χ0) is 8.81. The molecule has 1 heterocycles. The summed E-state index contributed by atoms with van der Waals surface area (Å²) >= 11 is 2.09. The number of hydrogen-bond donors (Lipinski definition) is 1. The van der Waals surface area contributed by atoms with Crippen LogP contribution in [-0.2, 0) is 0 Å². The van der Waals surface area contributed by atoms with Crippen molar-refractivity contribution in [3.05, 3.63) is 0 Å². The molecule has 1 aliphatic rings. The molecular weight excluding hydrogens is 168 g/mol. The number of thioether (sulfide) groups is 1. The Morgan fingerprint density at radius 1 is 1.58 bits per heavy atom. The van der Waals surface area contributed by atoms with Gasteiger partial charge in [-0.2, -0.15) is 11.8 Å². The lowest BCUT2D eigenvalue weighted by atomic mass is 10.1. The van der Waals surface area contributed by atoms with Gasteiger partial charge in [-0.25, -0.2) is 0 Å². The van der Waals surface area contributed by atoms with E-state index in [-0.39, 0.29) is 0 Å². The van der Waals surface area contributed by atoms with Gasteiger partial charge in [0.05, 0.1) is 0 Å². The molecule has 12 heavy (non-hydrogen) atoms. The smallest absolute Gasteiger partial charge is 0.0187 e. The maximum atomic E-state index is 5.56. The molecule has 1 saturated heterocycles. The third kappa shape index (κ3) is 2.96. The SMILES string of the molecule is CCN(CCN)C1CCCSC1. The summed E-state index contributed by atoms with van der Waals surface area (Å²) < 4.78 is 0. The fourth-order valence-corrected chi connectivity index (χ4v) is 2.96. The fraction of sp³-hybridized carbons (Fsp3) is 1.00. The van der Waals surface area contributed by atoms with E-state index in [1.807, 2.05) is 0 Å². The number of nitrogens with zero attached hydrogens (tertiary/aromatic N) is 1. The Balaban J connectivity index is 2.29. The highest BCUT2D eigenvalue weighted by molar-refractivity contribution is 7.99. The van der Waals surface area contributed by atoms with Gasteiger partial charge < -0.3 is 5.73 Å². The predicted octanol–water partition coefficient (Wildman–Crippen LogP) is 1.16. The molecule has 72 valence electrons. The van der Waals surface area contributed by atoms with Crippen molar-refractivity contribution in [1.29, 1.82) is 0 Å². The van der Waals surface area contributed by atoms with Crippen molar-refractivity contribution in [2.75, 3.05) is 31.1 Å². The predicted molar refractivity (Wildman–Crippen MR) is 56.6 cm³/mol. The maximum Gasteiger partial charge on any atom is 0.0187 e. The molecule has 0 radical (unpaired) electrons. The molecule has 3 heteroatoms. The summed E-state index contributed by atoms with van der Waals surface area (Å²) in [5, 5.41) is 0. The Labute approximate surface area is 79.9 Å². The normalized spacial score (nSPS) is 24.8. The molecule has 0 saturated carbocycles. The van der Waals surface area contributed by atoms with Crippen molar-refractivity contribution < 1.29 is 0 Å². The molecule has 1 aliphatic heterocycles. The molecule has 0 aliphatic carbocycles. The Hall–Kier alpha value is 0.270. The first kappa shape index (κ1) is 10.4. The van der Waals surface area contributed by atoms with Crippen LogP contribution in [0.15, 0.2) is 0 Å². The van der Waals surface area contributed by atoms with Crippen molar-refractivity contribution in [3.63, 3.8) is 0 Å². The van der Waals surface area contributed by atoms with Gasteiger partial charge in [-0.15, -0.1) is 0 Å². The van der Waals surface area contributed by atoms with Gasteiger partial charge in [0, 0.05) is 24.9 Å². The first-order valence-electron chi connectivity index (χ1n) is 4.90. The van der Waals surface area contributed by atoms with Gasteiger partial charge in [-0.1, -0.05) is 6.92 Å². The van der Waals surface area contributed by atoms with E-state index >= 15 is 0 Å². The summed E-state index contributed by atoms with van der Waals surface area (Å²) in [6.07, 6.45) is 2.76. The van der Waals surface area contributed by atoms with Crippen LogP contribution in [0.2, 0.25) is 0 Å². The van der Waals surface area contributed by atoms with Gasteiger partial charge in [0.1, 0.15) is 0 Å². The monoisotopic (exact) mass is 188 g/mol. The second kappa shape index (κ2) is 5.84. The summed E-state index contributed by atoms with van der Waals surface area (Å²) in [6, 6.07) is 0.803. The van der Waals surface area contributed by atoms with Gasteiger partial charge in [-0.3, -0.25) is 4.90 Å². The third-order valence-corrected chi connectivity index (χ3v) is 3.67. The fourth-order valence-electron chi connectivity index (χ4n) is 1.78. The molecule has 1 fully saturated rings. The van der Waals surface area contributed by atoms with Crippen LogP contribution in [0.1, 0.15) is 19.8 Å². The van der Waals surface area contributed by atoms with Crippen LogP contribution < -0.4 is 5.73 Å². The van der Waals surface area contributed by atoms with Crippen LogP contribution in [0.4, 0.5) is 0 Å². The highest BCUT2D eigenvalue weighted by Gasteiger charge is 2.18. The van der Waals surface area contributed by atoms with Crippen LogP contribution in [0.5, 0.6) is 0 Å². The number of likely N-dealkylation sites (N-methyl/N-ethyl adjacent to an activating group) is 1. The van der Waals surface area contributed by atoms with Crippen molar-refractivity contribution in [3.8, 4) is 0 Å². The Kier molecular flexibility index (Phi) is 5.04. The first-order valence-corrected chi connectivity index (χ1v) is 6.05. The van der Waals surface area contributed by atoms with E-state index in [4.69, 9.17) is 5.73 Å². The Bertz CT molecular complexity index is 110. The largest absolute Gasteiger partial charge is 0.329 e. The third-order valence-electron chi connectivity index (χ3n) is 2.48. The molecule has 0 aromatic rings. The van der Waals surface area contributed by atoms with E-state index in [0.29, 0.717) is 0 Å². The molecule has 2 N–H and O–H groups in total. The lowest BCUT2D eigenvalue weighted by Gasteiger charge is -2.32. The lowest BCUT2D eigenvalue weighted by Crippen LogP contribution is -2.41. The van der Waals surface area contributed by atoms with E-state index in [1.54, 1.807) is 0 Å². The number of rotatable bonds is 4. The maximum absolute atomic E-state index is 5.56. The number of hydrogen-bond acceptors (Lipinski definition) is 3. The van der Waals surface area contributed by atoms with Crippen LogP contribution in [0.3, 0.4) is 0 Å². The zero-order valence-corrected chi connectivity index (χ0v) is 8.78. The molecule has 0 amide bonds. The van der Waals surface area contributed by atoms with E-state index in [9.17, 15) is 0 Å². The topological polar surface area (TPSA) is 29.3 Å². The Morgan fingerprint density at radius 2 is 2.42 bits per heavy atom. The van der Waals surface area contributed by atoms with Gasteiger partial charge in [0.2, 0.25) is 0 Å². The molecule has 0 spiro atoms. The average Bonchev–Trinajstić information content (AvgIpc) is 2.15. The molecule has 1 rings (SSSR count). The summed E-state index contributed by atoms with van der Waals surface area (Å²) in [4.78, 5) is 2.52. The molecular formula is C9H20N2S. The summed E-state index contributed by atoms with van der Waals surface area (Å²) in [6.45, 7) is 5.26. The second-order valence-corrected chi connectivity index (χ2v) is 4.44. The quantitative estimate of drug-likeness (QED) is 0.718. The summed E-state index contributed by atoms with van der Waals surface area (Å²) in [5.74, 6) is 2.67. The molecule has 0 aromatic heterocycles. The minimum Gasteiger partial charge on any atom is -0.329 e. The number of nitrogens with two attached hydrogens (primary N) is 1. The first-order chi connectivity index (χ1) is 5.88. The molecule has 1 atom stereocenters. The minimum absolute atomic E-state index is 0.801.